The fourth-order valence-corrected chi connectivity index (χ4v) is 3.36. The normalized spacial score (nSPS) is 28.0. The zero-order valence-electron chi connectivity index (χ0n) is 10.5. The molecule has 1 unspecified atom stereocenters. The van der Waals surface area contributed by atoms with E-state index in [1.807, 2.05) is 0 Å². The Morgan fingerprint density at radius 1 is 1.33 bits per heavy atom. The highest BCUT2D eigenvalue weighted by molar-refractivity contribution is 7.87. The van der Waals surface area contributed by atoms with Gasteiger partial charge in [-0.1, -0.05) is 0 Å². The van der Waals surface area contributed by atoms with Crippen LogP contribution in [0.15, 0.2) is 0 Å². The van der Waals surface area contributed by atoms with Gasteiger partial charge in [0.05, 0.1) is 0 Å². The Morgan fingerprint density at radius 3 is 2.44 bits per heavy atom. The number of hydrogen-bond donors (Lipinski definition) is 0. The predicted octanol–water partition coefficient (Wildman–Crippen LogP) is 0.228. The van der Waals surface area contributed by atoms with Crippen LogP contribution in [0.4, 0.5) is 3.89 Å². The maximum atomic E-state index is 12.9. The third-order valence-corrected chi connectivity index (χ3v) is 5.01. The average Bonchev–Trinajstić information content (AvgIpc) is 2.63. The van der Waals surface area contributed by atoms with Crippen LogP contribution in [0.3, 0.4) is 0 Å². The van der Waals surface area contributed by atoms with Gasteiger partial charge in [-0.25, -0.2) is 0 Å². The Morgan fingerprint density at radius 2 is 1.94 bits per heavy atom. The Hall–Kier alpha value is -0.690. The van der Waals surface area contributed by atoms with Crippen LogP contribution in [0.2, 0.25) is 0 Å². The molecular formula is C11H19FN2O3S. The molecule has 0 N–H and O–H groups in total. The maximum Gasteiger partial charge on any atom is 0.307 e. The van der Waals surface area contributed by atoms with Gasteiger partial charge >= 0.3 is 10.2 Å². The van der Waals surface area contributed by atoms with Crippen molar-refractivity contribution >= 4 is 16.1 Å². The first-order chi connectivity index (χ1) is 8.36. The van der Waals surface area contributed by atoms with Crippen molar-refractivity contribution < 1.29 is 17.1 Å². The van der Waals surface area contributed by atoms with Crippen LogP contribution in [0, 0.1) is 5.92 Å². The molecule has 5 nitrogen and oxygen atoms in total. The lowest BCUT2D eigenvalue weighted by Gasteiger charge is -2.31. The first-order valence-electron chi connectivity index (χ1n) is 6.26. The number of rotatable bonds is 3. The Bertz CT molecular complexity index is 418. The van der Waals surface area contributed by atoms with Crippen LogP contribution in [0.5, 0.6) is 0 Å². The SMILES string of the molecule is CN1CCC(CN2CC(S(=O)(=O)F)CC2=O)CC1. The third-order valence-electron chi connectivity index (χ3n) is 3.89. The minimum absolute atomic E-state index is 0.0179. The van der Waals surface area contributed by atoms with Crippen molar-refractivity contribution in [3.63, 3.8) is 0 Å². The smallest absolute Gasteiger partial charge is 0.307 e. The van der Waals surface area contributed by atoms with Gasteiger partial charge in [0.2, 0.25) is 5.91 Å². The topological polar surface area (TPSA) is 57.7 Å². The molecule has 2 fully saturated rings. The Balaban J connectivity index is 1.89. The molecule has 0 bridgehead atoms. The standard InChI is InChI=1S/C11H19FN2O3S/c1-13-4-2-9(3-5-13)7-14-8-10(6-11(14)15)18(12,16)17/h9-10H,2-8H2,1H3. The van der Waals surface area contributed by atoms with E-state index in [1.165, 1.54) is 4.90 Å². The quantitative estimate of drug-likeness (QED) is 0.693. The highest BCUT2D eigenvalue weighted by Crippen LogP contribution is 2.24. The molecule has 0 aromatic rings. The molecule has 0 radical (unpaired) electrons. The van der Waals surface area contributed by atoms with E-state index in [9.17, 15) is 17.1 Å². The van der Waals surface area contributed by atoms with Gasteiger partial charge in [0.15, 0.2) is 0 Å². The third kappa shape index (κ3) is 3.20. The molecule has 0 aromatic heterocycles. The van der Waals surface area contributed by atoms with Gasteiger partial charge in [0, 0.05) is 19.5 Å². The first-order valence-corrected chi connectivity index (χ1v) is 7.70. The molecule has 0 spiro atoms. The fraction of sp³-hybridized carbons (Fsp3) is 0.909. The zero-order valence-corrected chi connectivity index (χ0v) is 11.3. The van der Waals surface area contributed by atoms with Crippen molar-refractivity contribution in [3.8, 4) is 0 Å². The summed E-state index contributed by atoms with van der Waals surface area (Å²) in [6.45, 7) is 2.58. The fourth-order valence-electron chi connectivity index (χ4n) is 2.66. The van der Waals surface area contributed by atoms with Crippen LogP contribution in [-0.2, 0) is 15.0 Å². The molecule has 7 heteroatoms. The van der Waals surface area contributed by atoms with Crippen LogP contribution < -0.4 is 0 Å². The van der Waals surface area contributed by atoms with E-state index in [0.717, 1.165) is 25.9 Å². The van der Waals surface area contributed by atoms with E-state index in [-0.39, 0.29) is 18.9 Å². The summed E-state index contributed by atoms with van der Waals surface area (Å²) in [4.78, 5) is 15.4. The van der Waals surface area contributed by atoms with Gasteiger partial charge in [-0.2, -0.15) is 8.42 Å². The second kappa shape index (κ2) is 5.13. The molecule has 104 valence electrons. The summed E-state index contributed by atoms with van der Waals surface area (Å²) in [5, 5.41) is -1.16. The van der Waals surface area contributed by atoms with E-state index in [2.05, 4.69) is 11.9 Å². The van der Waals surface area contributed by atoms with Crippen LogP contribution >= 0.6 is 0 Å². The summed E-state index contributed by atoms with van der Waals surface area (Å²) < 4.78 is 34.5. The molecule has 2 aliphatic heterocycles. The highest BCUT2D eigenvalue weighted by Gasteiger charge is 2.39. The Kier molecular flexibility index (Phi) is 3.91. The van der Waals surface area contributed by atoms with Crippen molar-refractivity contribution in [3.05, 3.63) is 0 Å². The molecule has 0 aromatic carbocycles. The lowest BCUT2D eigenvalue weighted by molar-refractivity contribution is -0.128. The summed E-state index contributed by atoms with van der Waals surface area (Å²) in [7, 11) is -2.53. The first kappa shape index (κ1) is 13.7. The molecule has 1 atom stereocenters. The van der Waals surface area contributed by atoms with Gasteiger partial charge in [0.25, 0.3) is 0 Å². The van der Waals surface area contributed by atoms with Crippen molar-refractivity contribution in [2.75, 3.05) is 33.2 Å². The summed E-state index contributed by atoms with van der Waals surface area (Å²) in [5.74, 6) is 0.173. The van der Waals surface area contributed by atoms with Crippen molar-refractivity contribution in [2.24, 2.45) is 5.92 Å². The maximum absolute atomic E-state index is 12.9. The van der Waals surface area contributed by atoms with Gasteiger partial charge in [0.1, 0.15) is 5.25 Å². The number of piperidine rings is 1. The molecule has 18 heavy (non-hydrogen) atoms. The minimum Gasteiger partial charge on any atom is -0.341 e. The molecule has 2 aliphatic rings. The summed E-state index contributed by atoms with van der Waals surface area (Å²) in [6.07, 6.45) is 1.81. The number of halogens is 1. The summed E-state index contributed by atoms with van der Waals surface area (Å²) >= 11 is 0. The average molecular weight is 278 g/mol. The van der Waals surface area contributed by atoms with E-state index >= 15 is 0 Å². The highest BCUT2D eigenvalue weighted by atomic mass is 32.3. The van der Waals surface area contributed by atoms with Gasteiger partial charge in [-0.05, 0) is 38.9 Å². The lowest BCUT2D eigenvalue weighted by Crippen LogP contribution is -2.38. The molecule has 2 saturated heterocycles. The zero-order chi connectivity index (χ0) is 13.3. The van der Waals surface area contributed by atoms with Gasteiger partial charge in [-0.15, -0.1) is 3.89 Å². The van der Waals surface area contributed by atoms with E-state index < -0.39 is 15.5 Å². The minimum atomic E-state index is -4.59. The van der Waals surface area contributed by atoms with Crippen molar-refractivity contribution in [1.82, 2.24) is 9.80 Å². The van der Waals surface area contributed by atoms with Crippen LogP contribution in [0.1, 0.15) is 19.3 Å². The van der Waals surface area contributed by atoms with Gasteiger partial charge < -0.3 is 9.80 Å². The van der Waals surface area contributed by atoms with E-state index in [4.69, 9.17) is 0 Å². The second-order valence-corrected chi connectivity index (χ2v) is 6.96. The molecule has 2 heterocycles. The molecule has 1 amide bonds. The second-order valence-electron chi connectivity index (χ2n) is 5.35. The lowest BCUT2D eigenvalue weighted by atomic mass is 9.97. The van der Waals surface area contributed by atoms with Crippen LogP contribution in [-0.4, -0.2) is 62.6 Å². The van der Waals surface area contributed by atoms with E-state index in [0.29, 0.717) is 12.5 Å². The largest absolute Gasteiger partial charge is 0.341 e. The monoisotopic (exact) mass is 278 g/mol. The number of likely N-dealkylation sites (tertiary alicyclic amines) is 2. The molecule has 2 rings (SSSR count). The summed E-state index contributed by atoms with van der Waals surface area (Å²) in [5.41, 5.74) is 0. The summed E-state index contributed by atoms with van der Waals surface area (Å²) in [6, 6.07) is 0. The van der Waals surface area contributed by atoms with Gasteiger partial charge in [-0.3, -0.25) is 4.79 Å². The predicted molar refractivity (Wildman–Crippen MR) is 65.2 cm³/mol. The number of amides is 1. The number of carbonyl (C=O) groups excluding carboxylic acids is 1. The molecule has 0 aliphatic carbocycles. The van der Waals surface area contributed by atoms with Crippen molar-refractivity contribution in [2.45, 2.75) is 24.5 Å². The number of carbonyl (C=O) groups is 1. The van der Waals surface area contributed by atoms with Crippen molar-refractivity contribution in [1.29, 1.82) is 0 Å². The molecule has 0 saturated carbocycles. The molecular weight excluding hydrogens is 259 g/mol. The Labute approximate surface area is 107 Å². The number of nitrogens with zero attached hydrogens (tertiary/aromatic N) is 2. The van der Waals surface area contributed by atoms with Crippen LogP contribution in [0.25, 0.3) is 0 Å². The van der Waals surface area contributed by atoms with E-state index in [1.54, 1.807) is 0 Å². The number of hydrogen-bond acceptors (Lipinski definition) is 4.